The minimum absolute atomic E-state index is 0.129. The van der Waals surface area contributed by atoms with Gasteiger partial charge in [-0.2, -0.15) is 0 Å². The highest BCUT2D eigenvalue weighted by Gasteiger charge is 2.13. The van der Waals surface area contributed by atoms with Crippen molar-refractivity contribution in [3.63, 3.8) is 0 Å². The van der Waals surface area contributed by atoms with Gasteiger partial charge in [0.25, 0.3) is 0 Å². The van der Waals surface area contributed by atoms with Gasteiger partial charge in [-0.05, 0) is 32.0 Å². The first-order chi connectivity index (χ1) is 9.63. The number of aromatic nitrogens is 2. The molecule has 1 N–H and O–H groups in total. The molecule has 6 heteroatoms. The van der Waals surface area contributed by atoms with Crippen LogP contribution in [-0.2, 0) is 6.54 Å². The number of methoxy groups -OCH3 is 2. The molecule has 0 saturated carbocycles. The molecule has 5 nitrogen and oxygen atoms in total. The quantitative estimate of drug-likeness (QED) is 0.887. The zero-order valence-electron chi connectivity index (χ0n) is 12.1. The van der Waals surface area contributed by atoms with E-state index in [4.69, 9.17) is 9.47 Å². The molecule has 0 radical (unpaired) electrons. The smallest absolute Gasteiger partial charge is 0.131 e. The largest absolute Gasteiger partial charge is 0.497 e. The van der Waals surface area contributed by atoms with Gasteiger partial charge in [0.2, 0.25) is 0 Å². The number of nitrogens with zero attached hydrogens (tertiary/aromatic N) is 2. The zero-order valence-corrected chi connectivity index (χ0v) is 13.0. The number of benzene rings is 1. The van der Waals surface area contributed by atoms with E-state index in [0.29, 0.717) is 6.54 Å². The SMILES string of the molecule is COc1ccc(OC)c(C(C)NCc2nnc(C)s2)c1. The molecule has 1 aromatic heterocycles. The Labute approximate surface area is 123 Å². The molecule has 0 aliphatic heterocycles. The lowest BCUT2D eigenvalue weighted by atomic mass is 10.1. The average molecular weight is 293 g/mol. The summed E-state index contributed by atoms with van der Waals surface area (Å²) in [6.45, 7) is 4.73. The van der Waals surface area contributed by atoms with Crippen molar-refractivity contribution in [3.05, 3.63) is 33.8 Å². The fourth-order valence-electron chi connectivity index (χ4n) is 1.94. The summed E-state index contributed by atoms with van der Waals surface area (Å²) in [5.41, 5.74) is 1.06. The second-order valence-electron chi connectivity index (χ2n) is 4.43. The van der Waals surface area contributed by atoms with E-state index in [1.807, 2.05) is 25.1 Å². The van der Waals surface area contributed by atoms with Gasteiger partial charge in [-0.15, -0.1) is 21.5 Å². The van der Waals surface area contributed by atoms with Crippen molar-refractivity contribution in [1.82, 2.24) is 15.5 Å². The van der Waals surface area contributed by atoms with Crippen LogP contribution < -0.4 is 14.8 Å². The number of nitrogens with one attached hydrogen (secondary N) is 1. The summed E-state index contributed by atoms with van der Waals surface area (Å²) in [5, 5.41) is 13.5. The Balaban J connectivity index is 2.09. The molecule has 1 unspecified atom stereocenters. The van der Waals surface area contributed by atoms with Crippen LogP contribution in [0.25, 0.3) is 0 Å². The second kappa shape index (κ2) is 6.67. The monoisotopic (exact) mass is 293 g/mol. The fraction of sp³-hybridized carbons (Fsp3) is 0.429. The van der Waals surface area contributed by atoms with Crippen LogP contribution in [0.15, 0.2) is 18.2 Å². The summed E-state index contributed by atoms with van der Waals surface area (Å²) < 4.78 is 10.7. The van der Waals surface area contributed by atoms with Crippen LogP contribution in [0.5, 0.6) is 11.5 Å². The third kappa shape index (κ3) is 3.46. The lowest BCUT2D eigenvalue weighted by Gasteiger charge is -2.17. The molecule has 0 aliphatic rings. The number of rotatable bonds is 6. The summed E-state index contributed by atoms with van der Waals surface area (Å²) in [5.74, 6) is 1.67. The molecule has 0 spiro atoms. The van der Waals surface area contributed by atoms with Gasteiger partial charge in [-0.25, -0.2) is 0 Å². The fourth-order valence-corrected chi connectivity index (χ4v) is 2.60. The van der Waals surface area contributed by atoms with Crippen LogP contribution in [0.3, 0.4) is 0 Å². The zero-order chi connectivity index (χ0) is 14.5. The third-order valence-corrected chi connectivity index (χ3v) is 3.87. The molecule has 20 heavy (non-hydrogen) atoms. The molecule has 0 bridgehead atoms. The van der Waals surface area contributed by atoms with Crippen LogP contribution in [-0.4, -0.2) is 24.4 Å². The number of hydrogen-bond acceptors (Lipinski definition) is 6. The lowest BCUT2D eigenvalue weighted by molar-refractivity contribution is 0.391. The standard InChI is InChI=1S/C14H19N3O2S/c1-9(15-8-14-17-16-10(2)20-14)12-7-11(18-3)5-6-13(12)19-4/h5-7,9,15H,8H2,1-4H3. The van der Waals surface area contributed by atoms with Crippen molar-refractivity contribution in [2.75, 3.05) is 14.2 Å². The van der Waals surface area contributed by atoms with Gasteiger partial charge in [0.1, 0.15) is 21.5 Å². The van der Waals surface area contributed by atoms with Crippen molar-refractivity contribution in [2.24, 2.45) is 0 Å². The lowest BCUT2D eigenvalue weighted by Crippen LogP contribution is -2.18. The highest BCUT2D eigenvalue weighted by atomic mass is 32.1. The Morgan fingerprint density at radius 3 is 2.65 bits per heavy atom. The van der Waals surface area contributed by atoms with Gasteiger partial charge in [0.05, 0.1) is 20.8 Å². The maximum atomic E-state index is 5.40. The second-order valence-corrected chi connectivity index (χ2v) is 5.69. The van der Waals surface area contributed by atoms with E-state index in [0.717, 1.165) is 27.1 Å². The van der Waals surface area contributed by atoms with Crippen LogP contribution >= 0.6 is 11.3 Å². The molecule has 108 valence electrons. The number of hydrogen-bond donors (Lipinski definition) is 1. The van der Waals surface area contributed by atoms with Gasteiger partial charge in [0, 0.05) is 11.6 Å². The van der Waals surface area contributed by atoms with Crippen LogP contribution in [0.2, 0.25) is 0 Å². The molecular weight excluding hydrogens is 274 g/mol. The van der Waals surface area contributed by atoms with E-state index in [-0.39, 0.29) is 6.04 Å². The van der Waals surface area contributed by atoms with Crippen molar-refractivity contribution >= 4 is 11.3 Å². The van der Waals surface area contributed by atoms with Crippen LogP contribution in [0, 0.1) is 6.92 Å². The highest BCUT2D eigenvalue weighted by Crippen LogP contribution is 2.29. The van der Waals surface area contributed by atoms with Gasteiger partial charge >= 0.3 is 0 Å². The van der Waals surface area contributed by atoms with Crippen LogP contribution in [0.1, 0.15) is 28.5 Å². The summed E-state index contributed by atoms with van der Waals surface area (Å²) in [6.07, 6.45) is 0. The van der Waals surface area contributed by atoms with Crippen molar-refractivity contribution in [2.45, 2.75) is 26.4 Å². The van der Waals surface area contributed by atoms with Gasteiger partial charge in [-0.1, -0.05) is 0 Å². The first-order valence-electron chi connectivity index (χ1n) is 6.38. The summed E-state index contributed by atoms with van der Waals surface area (Å²) in [6, 6.07) is 5.93. The molecule has 2 aromatic rings. The number of aryl methyl sites for hydroxylation is 1. The van der Waals surface area contributed by atoms with E-state index in [9.17, 15) is 0 Å². The maximum absolute atomic E-state index is 5.40. The Kier molecular flexibility index (Phi) is 4.92. The molecule has 0 fully saturated rings. The summed E-state index contributed by atoms with van der Waals surface area (Å²) >= 11 is 1.60. The minimum Gasteiger partial charge on any atom is -0.497 e. The van der Waals surface area contributed by atoms with E-state index in [2.05, 4.69) is 22.4 Å². The molecule has 1 aromatic carbocycles. The Morgan fingerprint density at radius 2 is 2.05 bits per heavy atom. The summed E-state index contributed by atoms with van der Waals surface area (Å²) in [4.78, 5) is 0. The normalized spacial score (nSPS) is 12.2. The molecule has 1 heterocycles. The van der Waals surface area contributed by atoms with Gasteiger partial charge in [-0.3, -0.25) is 0 Å². The first kappa shape index (κ1) is 14.7. The molecule has 0 aliphatic carbocycles. The molecule has 2 rings (SSSR count). The Bertz CT molecular complexity index is 571. The van der Waals surface area contributed by atoms with E-state index >= 15 is 0 Å². The van der Waals surface area contributed by atoms with Gasteiger partial charge in [0.15, 0.2) is 0 Å². The highest BCUT2D eigenvalue weighted by molar-refractivity contribution is 7.11. The van der Waals surface area contributed by atoms with Crippen molar-refractivity contribution < 1.29 is 9.47 Å². The molecular formula is C14H19N3O2S. The maximum Gasteiger partial charge on any atom is 0.131 e. The van der Waals surface area contributed by atoms with E-state index < -0.39 is 0 Å². The van der Waals surface area contributed by atoms with Crippen LogP contribution in [0.4, 0.5) is 0 Å². The van der Waals surface area contributed by atoms with E-state index in [1.54, 1.807) is 25.6 Å². The van der Waals surface area contributed by atoms with Gasteiger partial charge < -0.3 is 14.8 Å². The predicted octanol–water partition coefficient (Wildman–Crippen LogP) is 2.71. The Morgan fingerprint density at radius 1 is 1.25 bits per heavy atom. The average Bonchev–Trinajstić information content (AvgIpc) is 2.89. The Hall–Kier alpha value is -1.66. The molecule has 0 amide bonds. The molecule has 0 saturated heterocycles. The van der Waals surface area contributed by atoms with Crippen molar-refractivity contribution in [3.8, 4) is 11.5 Å². The minimum atomic E-state index is 0.129. The predicted molar refractivity (Wildman–Crippen MR) is 79.4 cm³/mol. The number of ether oxygens (including phenoxy) is 2. The van der Waals surface area contributed by atoms with Crippen molar-refractivity contribution in [1.29, 1.82) is 0 Å². The third-order valence-electron chi connectivity index (χ3n) is 3.03. The first-order valence-corrected chi connectivity index (χ1v) is 7.20. The summed E-state index contributed by atoms with van der Waals surface area (Å²) in [7, 11) is 3.33. The topological polar surface area (TPSA) is 56.3 Å². The molecule has 1 atom stereocenters. The van der Waals surface area contributed by atoms with E-state index in [1.165, 1.54) is 0 Å².